The minimum atomic E-state index is -0.178. The minimum Gasteiger partial charge on any atom is -0.353 e. The van der Waals surface area contributed by atoms with E-state index in [0.29, 0.717) is 23.4 Å². The normalized spacial score (nSPS) is 20.8. The van der Waals surface area contributed by atoms with E-state index in [0.717, 1.165) is 23.8 Å². The third kappa shape index (κ3) is 4.02. The number of carbonyl (C=O) groups is 2. The van der Waals surface area contributed by atoms with Crippen LogP contribution in [0.3, 0.4) is 0 Å². The van der Waals surface area contributed by atoms with Gasteiger partial charge in [0, 0.05) is 5.56 Å². The molecule has 1 fully saturated rings. The second kappa shape index (κ2) is 8.02. The van der Waals surface area contributed by atoms with Gasteiger partial charge in [-0.15, -0.1) is 0 Å². The zero-order valence-corrected chi connectivity index (χ0v) is 16.2. The van der Waals surface area contributed by atoms with Gasteiger partial charge >= 0.3 is 0 Å². The minimum absolute atomic E-state index is 0.108. The van der Waals surface area contributed by atoms with Crippen LogP contribution in [0.4, 0.5) is 17.1 Å². The second-order valence-electron chi connectivity index (χ2n) is 7.82. The summed E-state index contributed by atoms with van der Waals surface area (Å²) in [6.45, 7) is 6.30. The Morgan fingerprint density at radius 2 is 1.86 bits per heavy atom. The van der Waals surface area contributed by atoms with Crippen LogP contribution in [0, 0.1) is 5.92 Å². The molecule has 0 atom stereocenters. The molecule has 0 aromatic heterocycles. The Labute approximate surface area is 165 Å². The van der Waals surface area contributed by atoms with Crippen LogP contribution in [0.2, 0.25) is 0 Å². The Morgan fingerprint density at radius 3 is 2.68 bits per heavy atom. The van der Waals surface area contributed by atoms with Gasteiger partial charge in [-0.2, -0.15) is 0 Å². The Morgan fingerprint density at radius 1 is 1.07 bits per heavy atom. The molecule has 0 aliphatic carbocycles. The van der Waals surface area contributed by atoms with Crippen molar-refractivity contribution in [3.05, 3.63) is 53.6 Å². The molecule has 2 aliphatic rings. The Balaban J connectivity index is 1.39. The van der Waals surface area contributed by atoms with Crippen molar-refractivity contribution >= 4 is 28.9 Å². The molecule has 0 unspecified atom stereocenters. The topological polar surface area (TPSA) is 74.7 Å². The van der Waals surface area contributed by atoms with Crippen LogP contribution in [-0.2, 0) is 0 Å². The van der Waals surface area contributed by atoms with Crippen LogP contribution < -0.4 is 20.9 Å². The molecule has 2 aliphatic heterocycles. The van der Waals surface area contributed by atoms with Crippen molar-refractivity contribution in [3.8, 4) is 0 Å². The predicted octanol–water partition coefficient (Wildman–Crippen LogP) is 2.04. The number of anilines is 3. The highest BCUT2D eigenvalue weighted by Crippen LogP contribution is 2.32. The monoisotopic (exact) mass is 379 g/mol. The molecule has 146 valence electrons. The molecule has 0 spiro atoms. The van der Waals surface area contributed by atoms with Crippen LogP contribution in [0.1, 0.15) is 40.5 Å². The van der Waals surface area contributed by atoms with E-state index in [1.165, 1.54) is 25.9 Å². The fourth-order valence-electron chi connectivity index (χ4n) is 3.90. The van der Waals surface area contributed by atoms with Crippen molar-refractivity contribution in [3.63, 3.8) is 0 Å². The van der Waals surface area contributed by atoms with E-state index in [1.54, 1.807) is 23.1 Å². The Hall–Kier alpha value is -2.86. The highest BCUT2D eigenvalue weighted by Gasteiger charge is 2.21. The van der Waals surface area contributed by atoms with E-state index in [1.807, 2.05) is 24.3 Å². The number of para-hydroxylation sites is 1. The van der Waals surface area contributed by atoms with Crippen molar-refractivity contribution in [1.82, 2.24) is 5.32 Å². The molecular weight excluding hydrogens is 352 g/mol. The van der Waals surface area contributed by atoms with Crippen LogP contribution in [-0.4, -0.2) is 38.0 Å². The number of rotatable bonds is 4. The maximum atomic E-state index is 12.6. The molecule has 6 nitrogen and oxygen atoms in total. The number of likely N-dealkylation sites (tertiary alicyclic amines) is 1. The van der Waals surface area contributed by atoms with Gasteiger partial charge in [0.2, 0.25) is 0 Å². The van der Waals surface area contributed by atoms with Crippen molar-refractivity contribution in [2.75, 3.05) is 36.8 Å². The van der Waals surface area contributed by atoms with Gasteiger partial charge in [-0.1, -0.05) is 19.1 Å². The van der Waals surface area contributed by atoms with E-state index >= 15 is 0 Å². The van der Waals surface area contributed by atoms with E-state index in [9.17, 15) is 9.59 Å². The third-order valence-electron chi connectivity index (χ3n) is 5.72. The van der Waals surface area contributed by atoms with Crippen molar-refractivity contribution in [1.29, 1.82) is 0 Å². The van der Waals surface area contributed by atoms with Gasteiger partial charge in [-0.25, -0.2) is 0 Å². The first-order chi connectivity index (χ1) is 13.6. The Bertz CT molecular complexity index is 888. The van der Waals surface area contributed by atoms with E-state index in [-0.39, 0.29) is 11.8 Å². The van der Waals surface area contributed by atoms with Gasteiger partial charge < -0.3 is 20.9 Å². The maximum Gasteiger partial charge on any atom is 0.257 e. The number of amides is 2. The number of piperidine rings is 1. The molecule has 1 saturated heterocycles. The number of hydrogen-bond acceptors (Lipinski definition) is 3. The number of carbonyl (C=O) groups excluding carboxylic acids is 2. The van der Waals surface area contributed by atoms with Crippen molar-refractivity contribution in [2.24, 2.45) is 5.92 Å². The van der Waals surface area contributed by atoms with Crippen molar-refractivity contribution in [2.45, 2.75) is 19.8 Å². The van der Waals surface area contributed by atoms with Gasteiger partial charge in [0.05, 0.1) is 48.8 Å². The molecule has 4 N–H and O–H groups in total. The molecule has 28 heavy (non-hydrogen) atoms. The summed E-state index contributed by atoms with van der Waals surface area (Å²) in [6, 6.07) is 12.7. The van der Waals surface area contributed by atoms with Gasteiger partial charge in [0.25, 0.3) is 11.8 Å². The summed E-state index contributed by atoms with van der Waals surface area (Å²) >= 11 is 0. The zero-order chi connectivity index (χ0) is 19.5. The van der Waals surface area contributed by atoms with Gasteiger partial charge in [-0.05, 0) is 49.1 Å². The molecule has 2 amide bonds. The first-order valence-corrected chi connectivity index (χ1v) is 10.0. The zero-order valence-electron chi connectivity index (χ0n) is 16.2. The van der Waals surface area contributed by atoms with E-state index in [2.05, 4.69) is 22.9 Å². The van der Waals surface area contributed by atoms with Crippen LogP contribution in [0.25, 0.3) is 0 Å². The van der Waals surface area contributed by atoms with Crippen LogP contribution in [0.15, 0.2) is 42.5 Å². The Kier molecular flexibility index (Phi) is 5.30. The standard InChI is InChI=1S/C22H26N4O2/c1-15-8-11-26(12-9-15)13-10-23-21(27)16-6-7-19-20(14-16)25-22(28)17-4-2-3-5-18(17)24-19/h2-7,14-15,24H,8-13H2,1H3,(H,23,27)(H,25,28)/p+1. The van der Waals surface area contributed by atoms with E-state index in [4.69, 9.17) is 0 Å². The summed E-state index contributed by atoms with van der Waals surface area (Å²) in [5.74, 6) is 0.541. The summed E-state index contributed by atoms with van der Waals surface area (Å²) in [5.41, 5.74) is 3.29. The lowest BCUT2D eigenvalue weighted by atomic mass is 9.99. The molecule has 0 radical (unpaired) electrons. The summed E-state index contributed by atoms with van der Waals surface area (Å²) in [4.78, 5) is 26.6. The van der Waals surface area contributed by atoms with Gasteiger partial charge in [0.15, 0.2) is 0 Å². The van der Waals surface area contributed by atoms with Crippen molar-refractivity contribution < 1.29 is 14.5 Å². The number of quaternary nitrogens is 1. The maximum absolute atomic E-state index is 12.6. The average molecular weight is 379 g/mol. The molecule has 6 heteroatoms. The van der Waals surface area contributed by atoms with Gasteiger partial charge in [0.1, 0.15) is 0 Å². The smallest absolute Gasteiger partial charge is 0.257 e. The number of fused-ring (bicyclic) bond motifs is 2. The summed E-state index contributed by atoms with van der Waals surface area (Å²) < 4.78 is 0. The van der Waals surface area contributed by atoms with Crippen LogP contribution >= 0.6 is 0 Å². The fraction of sp³-hybridized carbons (Fsp3) is 0.364. The SMILES string of the molecule is CC1CC[NH+](CCNC(=O)c2ccc3c(c2)NC(=O)c2ccccc2N3)CC1. The fourth-order valence-corrected chi connectivity index (χ4v) is 3.90. The van der Waals surface area contributed by atoms with Crippen LogP contribution in [0.5, 0.6) is 0 Å². The molecule has 0 bridgehead atoms. The summed E-state index contributed by atoms with van der Waals surface area (Å²) in [7, 11) is 0. The first-order valence-electron chi connectivity index (χ1n) is 10.0. The predicted molar refractivity (Wildman–Crippen MR) is 110 cm³/mol. The highest BCUT2D eigenvalue weighted by atomic mass is 16.2. The second-order valence-corrected chi connectivity index (χ2v) is 7.82. The molecule has 2 aromatic rings. The first kappa shape index (κ1) is 18.5. The lowest BCUT2D eigenvalue weighted by molar-refractivity contribution is -0.904. The molecule has 0 saturated carbocycles. The molecule has 2 heterocycles. The van der Waals surface area contributed by atoms with Gasteiger partial charge in [-0.3, -0.25) is 9.59 Å². The molecule has 4 rings (SSSR count). The summed E-state index contributed by atoms with van der Waals surface area (Å²) in [5, 5.41) is 9.19. The third-order valence-corrected chi connectivity index (χ3v) is 5.72. The molecular formula is C22H27N4O2+. The lowest BCUT2D eigenvalue weighted by Crippen LogP contribution is -3.13. The quantitative estimate of drug-likeness (QED) is 0.657. The van der Waals surface area contributed by atoms with E-state index < -0.39 is 0 Å². The number of benzene rings is 2. The summed E-state index contributed by atoms with van der Waals surface area (Å²) in [6.07, 6.45) is 2.53. The number of hydrogen-bond donors (Lipinski definition) is 4. The lowest BCUT2D eigenvalue weighted by Gasteiger charge is -2.27. The molecule has 2 aromatic carbocycles. The average Bonchev–Trinajstić information content (AvgIpc) is 2.84. The number of nitrogens with one attached hydrogen (secondary N) is 4. The largest absolute Gasteiger partial charge is 0.353 e. The highest BCUT2D eigenvalue weighted by molar-refractivity contribution is 6.12.